The number of anilines is 1. The van der Waals surface area contributed by atoms with Crippen LogP contribution in [0.4, 0.5) is 5.69 Å². The van der Waals surface area contributed by atoms with Crippen LogP contribution in [0.3, 0.4) is 0 Å². The minimum atomic E-state index is -0.793. The van der Waals surface area contributed by atoms with E-state index in [-0.39, 0.29) is 17.7 Å². The van der Waals surface area contributed by atoms with E-state index in [2.05, 4.69) is 16.0 Å². The molecule has 7 heteroatoms. The van der Waals surface area contributed by atoms with E-state index in [0.29, 0.717) is 35.5 Å². The SMILES string of the molecule is COc1ccc(C(=O)N[C@H](C(=O)Nc2ccccc2C(=O)NCCc2ccccc2)C(C)C)cc1. The average Bonchev–Trinajstić information content (AvgIpc) is 2.87. The molecule has 0 heterocycles. The highest BCUT2D eigenvalue weighted by molar-refractivity contribution is 6.06. The van der Waals surface area contributed by atoms with Gasteiger partial charge in [0.05, 0.1) is 18.4 Å². The van der Waals surface area contributed by atoms with Crippen LogP contribution < -0.4 is 20.7 Å². The fourth-order valence-corrected chi connectivity index (χ4v) is 3.56. The first-order chi connectivity index (χ1) is 16.9. The minimum Gasteiger partial charge on any atom is -0.497 e. The number of carbonyl (C=O) groups is 3. The number of benzene rings is 3. The van der Waals surface area contributed by atoms with Crippen molar-refractivity contribution in [3.8, 4) is 5.75 Å². The number of methoxy groups -OCH3 is 1. The molecule has 3 amide bonds. The van der Waals surface area contributed by atoms with E-state index in [4.69, 9.17) is 4.74 Å². The van der Waals surface area contributed by atoms with Crippen LogP contribution in [0.1, 0.15) is 40.1 Å². The van der Waals surface area contributed by atoms with Crippen molar-refractivity contribution < 1.29 is 19.1 Å². The van der Waals surface area contributed by atoms with Gasteiger partial charge in [-0.2, -0.15) is 0 Å². The number of hydrogen-bond donors (Lipinski definition) is 3. The Morgan fingerprint density at radius 2 is 1.49 bits per heavy atom. The van der Waals surface area contributed by atoms with Gasteiger partial charge in [0, 0.05) is 12.1 Å². The third-order valence-electron chi connectivity index (χ3n) is 5.56. The van der Waals surface area contributed by atoms with Crippen LogP contribution in [0.25, 0.3) is 0 Å². The van der Waals surface area contributed by atoms with E-state index in [0.717, 1.165) is 5.56 Å². The topological polar surface area (TPSA) is 96.5 Å². The number of rotatable bonds is 10. The van der Waals surface area contributed by atoms with Crippen LogP contribution in [-0.4, -0.2) is 37.4 Å². The maximum absolute atomic E-state index is 13.1. The van der Waals surface area contributed by atoms with Crippen molar-refractivity contribution in [3.05, 3.63) is 95.6 Å². The molecule has 0 spiro atoms. The third-order valence-corrected chi connectivity index (χ3v) is 5.56. The highest BCUT2D eigenvalue weighted by Gasteiger charge is 2.26. The van der Waals surface area contributed by atoms with Crippen molar-refractivity contribution in [2.75, 3.05) is 19.0 Å². The van der Waals surface area contributed by atoms with Crippen molar-refractivity contribution in [2.24, 2.45) is 5.92 Å². The molecule has 0 saturated heterocycles. The monoisotopic (exact) mass is 473 g/mol. The largest absolute Gasteiger partial charge is 0.497 e. The van der Waals surface area contributed by atoms with Crippen molar-refractivity contribution in [1.82, 2.24) is 10.6 Å². The predicted molar refractivity (Wildman–Crippen MR) is 137 cm³/mol. The summed E-state index contributed by atoms with van der Waals surface area (Å²) in [5.74, 6) is -0.581. The van der Waals surface area contributed by atoms with E-state index in [1.165, 1.54) is 0 Å². The van der Waals surface area contributed by atoms with Gasteiger partial charge in [0.2, 0.25) is 5.91 Å². The van der Waals surface area contributed by atoms with Crippen molar-refractivity contribution in [3.63, 3.8) is 0 Å². The molecule has 0 aliphatic heterocycles. The molecule has 3 aromatic rings. The Morgan fingerprint density at radius 1 is 0.829 bits per heavy atom. The van der Waals surface area contributed by atoms with Gasteiger partial charge in [-0.05, 0) is 54.3 Å². The molecule has 0 saturated carbocycles. The number of ether oxygens (including phenoxy) is 1. The zero-order valence-electron chi connectivity index (χ0n) is 20.2. The number of para-hydroxylation sites is 1. The van der Waals surface area contributed by atoms with Crippen LogP contribution >= 0.6 is 0 Å². The summed E-state index contributed by atoms with van der Waals surface area (Å²) in [4.78, 5) is 38.7. The first kappa shape index (κ1) is 25.5. The molecule has 182 valence electrons. The Balaban J connectivity index is 1.65. The second-order valence-corrected chi connectivity index (χ2v) is 8.45. The predicted octanol–water partition coefficient (Wildman–Crippen LogP) is 4.06. The second kappa shape index (κ2) is 12.4. The Morgan fingerprint density at radius 3 is 2.14 bits per heavy atom. The smallest absolute Gasteiger partial charge is 0.253 e. The normalized spacial score (nSPS) is 11.4. The molecule has 0 aliphatic rings. The lowest BCUT2D eigenvalue weighted by atomic mass is 10.0. The maximum atomic E-state index is 13.1. The zero-order chi connectivity index (χ0) is 25.2. The standard InChI is InChI=1S/C28H31N3O4/c1-19(2)25(31-26(32)21-13-15-22(35-3)16-14-21)28(34)30-24-12-8-7-11-23(24)27(33)29-18-17-20-9-5-4-6-10-20/h4-16,19,25H,17-18H2,1-3H3,(H,29,33)(H,30,34)(H,31,32)/t25-/m0/s1. The summed E-state index contributed by atoms with van der Waals surface area (Å²) in [5.41, 5.74) is 2.29. The minimum absolute atomic E-state index is 0.177. The van der Waals surface area contributed by atoms with Gasteiger partial charge < -0.3 is 20.7 Å². The quantitative estimate of drug-likeness (QED) is 0.414. The van der Waals surface area contributed by atoms with Crippen LogP contribution in [-0.2, 0) is 11.2 Å². The Bertz CT molecular complexity index is 1140. The van der Waals surface area contributed by atoms with Crippen molar-refractivity contribution >= 4 is 23.4 Å². The summed E-state index contributed by atoms with van der Waals surface area (Å²) in [6.07, 6.45) is 0.702. The van der Waals surface area contributed by atoms with Crippen LogP contribution in [0.5, 0.6) is 5.75 Å². The Labute approximate surface area is 205 Å². The highest BCUT2D eigenvalue weighted by atomic mass is 16.5. The molecular formula is C28H31N3O4. The van der Waals surface area contributed by atoms with Gasteiger partial charge in [0.25, 0.3) is 11.8 Å². The third kappa shape index (κ3) is 7.17. The Hall–Kier alpha value is -4.13. The van der Waals surface area contributed by atoms with E-state index < -0.39 is 11.9 Å². The van der Waals surface area contributed by atoms with Crippen molar-refractivity contribution in [2.45, 2.75) is 26.3 Å². The fraction of sp³-hybridized carbons (Fsp3) is 0.250. The fourth-order valence-electron chi connectivity index (χ4n) is 3.56. The van der Waals surface area contributed by atoms with E-state index in [9.17, 15) is 14.4 Å². The molecule has 0 aromatic heterocycles. The molecule has 0 aliphatic carbocycles. The zero-order valence-corrected chi connectivity index (χ0v) is 20.2. The van der Waals surface area contributed by atoms with Crippen LogP contribution in [0.15, 0.2) is 78.9 Å². The molecule has 35 heavy (non-hydrogen) atoms. The number of amides is 3. The summed E-state index contributed by atoms with van der Waals surface area (Å²) in [5, 5.41) is 8.53. The van der Waals surface area contributed by atoms with E-state index in [1.807, 2.05) is 44.2 Å². The summed E-state index contributed by atoms with van der Waals surface area (Å²) in [7, 11) is 1.55. The van der Waals surface area contributed by atoms with Crippen LogP contribution in [0, 0.1) is 5.92 Å². The molecule has 0 unspecified atom stereocenters. The van der Waals surface area contributed by atoms with Gasteiger partial charge in [-0.1, -0.05) is 56.3 Å². The summed E-state index contributed by atoms with van der Waals surface area (Å²) < 4.78 is 5.12. The number of hydrogen-bond acceptors (Lipinski definition) is 4. The lowest BCUT2D eigenvalue weighted by Gasteiger charge is -2.22. The average molecular weight is 474 g/mol. The van der Waals surface area contributed by atoms with Gasteiger partial charge in [-0.15, -0.1) is 0 Å². The van der Waals surface area contributed by atoms with Gasteiger partial charge in [-0.3, -0.25) is 14.4 Å². The van der Waals surface area contributed by atoms with Gasteiger partial charge in [-0.25, -0.2) is 0 Å². The summed E-state index contributed by atoms with van der Waals surface area (Å²) in [6.45, 7) is 4.17. The molecule has 7 nitrogen and oxygen atoms in total. The van der Waals surface area contributed by atoms with Crippen LogP contribution in [0.2, 0.25) is 0 Å². The van der Waals surface area contributed by atoms with Gasteiger partial charge in [0.15, 0.2) is 0 Å². The first-order valence-corrected chi connectivity index (χ1v) is 11.6. The highest BCUT2D eigenvalue weighted by Crippen LogP contribution is 2.17. The first-order valence-electron chi connectivity index (χ1n) is 11.6. The Kier molecular flexibility index (Phi) is 9.01. The molecule has 1 atom stereocenters. The lowest BCUT2D eigenvalue weighted by Crippen LogP contribution is -2.47. The van der Waals surface area contributed by atoms with Crippen molar-refractivity contribution in [1.29, 1.82) is 0 Å². The molecule has 0 radical (unpaired) electrons. The summed E-state index contributed by atoms with van der Waals surface area (Å²) >= 11 is 0. The molecule has 3 aromatic carbocycles. The number of carbonyl (C=O) groups excluding carboxylic acids is 3. The molecule has 3 rings (SSSR count). The molecular weight excluding hydrogens is 442 g/mol. The second-order valence-electron chi connectivity index (χ2n) is 8.45. The summed E-state index contributed by atoms with van der Waals surface area (Å²) in [6, 6.07) is 22.6. The van der Waals surface area contributed by atoms with Gasteiger partial charge >= 0.3 is 0 Å². The molecule has 0 bridgehead atoms. The maximum Gasteiger partial charge on any atom is 0.253 e. The molecule has 0 fully saturated rings. The lowest BCUT2D eigenvalue weighted by molar-refractivity contribution is -0.118. The van der Waals surface area contributed by atoms with Gasteiger partial charge in [0.1, 0.15) is 11.8 Å². The number of nitrogens with one attached hydrogen (secondary N) is 3. The van der Waals surface area contributed by atoms with E-state index in [1.54, 1.807) is 55.6 Å². The molecule has 3 N–H and O–H groups in total. The van der Waals surface area contributed by atoms with E-state index >= 15 is 0 Å².